The molecule has 4 rings (SSSR count). The predicted molar refractivity (Wildman–Crippen MR) is 96.4 cm³/mol. The Bertz CT molecular complexity index is 851. The Labute approximate surface area is 150 Å². The van der Waals surface area contributed by atoms with Gasteiger partial charge in [0.15, 0.2) is 0 Å². The summed E-state index contributed by atoms with van der Waals surface area (Å²) in [5.41, 5.74) is 2.65. The predicted octanol–water partition coefficient (Wildman–Crippen LogP) is 3.42. The van der Waals surface area contributed by atoms with Crippen molar-refractivity contribution in [3.05, 3.63) is 71.1 Å². The lowest BCUT2D eigenvalue weighted by Crippen LogP contribution is -2.42. The molecule has 25 heavy (non-hydrogen) atoms. The molecule has 0 unspecified atom stereocenters. The van der Waals surface area contributed by atoms with Gasteiger partial charge in [-0.25, -0.2) is 0 Å². The van der Waals surface area contributed by atoms with E-state index in [4.69, 9.17) is 4.74 Å². The molecule has 1 atom stereocenters. The maximum absolute atomic E-state index is 13.0. The number of hydrogen-bond donors (Lipinski definition) is 0. The van der Waals surface area contributed by atoms with Crippen LogP contribution in [0.2, 0.25) is 0 Å². The van der Waals surface area contributed by atoms with Gasteiger partial charge in [0.05, 0.1) is 13.2 Å². The van der Waals surface area contributed by atoms with Crippen LogP contribution < -0.4 is 0 Å². The Balaban J connectivity index is 1.57. The Kier molecular flexibility index (Phi) is 4.54. The molecule has 1 fully saturated rings. The summed E-state index contributed by atoms with van der Waals surface area (Å²) in [5.74, 6) is -0.0296. The average Bonchev–Trinajstić information content (AvgIpc) is 3.19. The van der Waals surface area contributed by atoms with E-state index in [1.165, 1.54) is 0 Å². The van der Waals surface area contributed by atoms with Gasteiger partial charge in [0.1, 0.15) is 16.7 Å². The molecule has 5 nitrogen and oxygen atoms in total. The lowest BCUT2D eigenvalue weighted by Gasteiger charge is -2.33. The monoisotopic (exact) mass is 351 g/mol. The minimum absolute atomic E-state index is 0.0296. The lowest BCUT2D eigenvalue weighted by molar-refractivity contribution is -0.0226. The van der Waals surface area contributed by atoms with Crippen LogP contribution in [0, 0.1) is 0 Å². The highest BCUT2D eigenvalue weighted by molar-refractivity contribution is 7.08. The number of nitrogens with zero attached hydrogens (tertiary/aromatic N) is 3. The molecule has 0 N–H and O–H groups in total. The molecule has 1 aliphatic heterocycles. The number of carbonyl (C=O) groups excluding carboxylic acids is 1. The van der Waals surface area contributed by atoms with E-state index in [0.29, 0.717) is 30.3 Å². The highest BCUT2D eigenvalue weighted by Crippen LogP contribution is 2.28. The molecule has 1 aliphatic rings. The van der Waals surface area contributed by atoms with Gasteiger partial charge in [0, 0.05) is 12.1 Å². The molecule has 0 bridgehead atoms. The summed E-state index contributed by atoms with van der Waals surface area (Å²) in [4.78, 5) is 15.5. The third kappa shape index (κ3) is 3.31. The molecule has 0 radical (unpaired) electrons. The second-order valence-corrected chi connectivity index (χ2v) is 6.59. The van der Waals surface area contributed by atoms with Crippen LogP contribution in [-0.2, 0) is 4.74 Å². The zero-order valence-electron chi connectivity index (χ0n) is 13.5. The van der Waals surface area contributed by atoms with Crippen LogP contribution in [-0.4, -0.2) is 40.1 Å². The molecule has 0 saturated carbocycles. The molecule has 0 spiro atoms. The van der Waals surface area contributed by atoms with Crippen LogP contribution in [0.4, 0.5) is 0 Å². The zero-order valence-corrected chi connectivity index (χ0v) is 14.4. The SMILES string of the molecule is O=C(c1snnc1-c1ccccc1)N1CCO[C@H](c2ccccc2)C1. The summed E-state index contributed by atoms with van der Waals surface area (Å²) in [6.45, 7) is 1.64. The van der Waals surface area contributed by atoms with Gasteiger partial charge in [0.2, 0.25) is 0 Å². The Morgan fingerprint density at radius 2 is 1.80 bits per heavy atom. The lowest BCUT2D eigenvalue weighted by atomic mass is 10.1. The van der Waals surface area contributed by atoms with E-state index in [0.717, 1.165) is 22.7 Å². The maximum atomic E-state index is 13.0. The largest absolute Gasteiger partial charge is 0.370 e. The molecular formula is C19H17N3O2S. The molecule has 1 aromatic heterocycles. The van der Waals surface area contributed by atoms with Gasteiger partial charge >= 0.3 is 0 Å². The first-order chi connectivity index (χ1) is 12.3. The number of morpholine rings is 1. The molecule has 1 amide bonds. The molecule has 3 aromatic rings. The van der Waals surface area contributed by atoms with Gasteiger partial charge in [0.25, 0.3) is 5.91 Å². The second kappa shape index (κ2) is 7.13. The number of benzene rings is 2. The molecule has 0 aliphatic carbocycles. The summed E-state index contributed by atoms with van der Waals surface area (Å²) in [5, 5.41) is 4.17. The summed E-state index contributed by atoms with van der Waals surface area (Å²) in [6, 6.07) is 19.7. The van der Waals surface area contributed by atoms with Gasteiger partial charge < -0.3 is 9.64 Å². The Morgan fingerprint density at radius 3 is 2.56 bits per heavy atom. The van der Waals surface area contributed by atoms with Crippen molar-refractivity contribution >= 4 is 17.4 Å². The van der Waals surface area contributed by atoms with Crippen LogP contribution in [0.25, 0.3) is 11.3 Å². The molecular weight excluding hydrogens is 334 g/mol. The molecule has 6 heteroatoms. The minimum atomic E-state index is -0.0973. The number of carbonyl (C=O) groups is 1. The normalized spacial score (nSPS) is 17.4. The molecule has 126 valence electrons. The highest BCUT2D eigenvalue weighted by Gasteiger charge is 2.29. The Hall–Kier alpha value is -2.57. The summed E-state index contributed by atoms with van der Waals surface area (Å²) in [6.07, 6.45) is -0.0973. The van der Waals surface area contributed by atoms with Crippen molar-refractivity contribution in [1.29, 1.82) is 0 Å². The van der Waals surface area contributed by atoms with Crippen LogP contribution in [0.3, 0.4) is 0 Å². The van der Waals surface area contributed by atoms with Gasteiger partial charge in [-0.3, -0.25) is 4.79 Å². The highest BCUT2D eigenvalue weighted by atomic mass is 32.1. The van der Waals surface area contributed by atoms with Crippen molar-refractivity contribution in [2.24, 2.45) is 0 Å². The summed E-state index contributed by atoms with van der Waals surface area (Å²) >= 11 is 1.15. The van der Waals surface area contributed by atoms with Crippen molar-refractivity contribution in [3.8, 4) is 11.3 Å². The van der Waals surface area contributed by atoms with E-state index < -0.39 is 0 Å². The van der Waals surface area contributed by atoms with Crippen LogP contribution >= 0.6 is 11.5 Å². The van der Waals surface area contributed by atoms with Crippen molar-refractivity contribution in [3.63, 3.8) is 0 Å². The first kappa shape index (κ1) is 15.9. The number of aromatic nitrogens is 2. The van der Waals surface area contributed by atoms with Gasteiger partial charge in [-0.1, -0.05) is 65.2 Å². The summed E-state index contributed by atoms with van der Waals surface area (Å²) in [7, 11) is 0. The number of amides is 1. The standard InChI is InChI=1S/C19H17N3O2S/c23-19(18-17(20-21-25-18)15-9-5-2-6-10-15)22-11-12-24-16(13-22)14-7-3-1-4-8-14/h1-10,16H,11-13H2/t16-/m0/s1. The number of hydrogen-bond acceptors (Lipinski definition) is 5. The Morgan fingerprint density at radius 1 is 1.08 bits per heavy atom. The summed E-state index contributed by atoms with van der Waals surface area (Å²) < 4.78 is 9.86. The van der Waals surface area contributed by atoms with Crippen molar-refractivity contribution in [2.45, 2.75) is 6.10 Å². The fourth-order valence-corrected chi connectivity index (χ4v) is 3.62. The van der Waals surface area contributed by atoms with E-state index in [2.05, 4.69) is 9.59 Å². The topological polar surface area (TPSA) is 55.3 Å². The third-order valence-electron chi connectivity index (χ3n) is 4.25. The van der Waals surface area contributed by atoms with Crippen LogP contribution in [0.5, 0.6) is 0 Å². The maximum Gasteiger partial charge on any atom is 0.268 e. The van der Waals surface area contributed by atoms with Gasteiger partial charge in [-0.15, -0.1) is 5.10 Å². The van der Waals surface area contributed by atoms with Crippen LogP contribution in [0.1, 0.15) is 21.3 Å². The average molecular weight is 351 g/mol. The number of ether oxygens (including phenoxy) is 1. The van der Waals surface area contributed by atoms with Gasteiger partial charge in [-0.05, 0) is 17.1 Å². The first-order valence-electron chi connectivity index (χ1n) is 8.16. The van der Waals surface area contributed by atoms with E-state index >= 15 is 0 Å². The van der Waals surface area contributed by atoms with Crippen LogP contribution in [0.15, 0.2) is 60.7 Å². The smallest absolute Gasteiger partial charge is 0.268 e. The molecule has 1 saturated heterocycles. The fourth-order valence-electron chi connectivity index (χ4n) is 2.96. The molecule has 2 heterocycles. The van der Waals surface area contributed by atoms with E-state index in [1.54, 1.807) is 0 Å². The van der Waals surface area contributed by atoms with Crippen molar-refractivity contribution in [1.82, 2.24) is 14.5 Å². The zero-order chi connectivity index (χ0) is 17.1. The second-order valence-electron chi connectivity index (χ2n) is 5.84. The quantitative estimate of drug-likeness (QED) is 0.725. The fraction of sp³-hybridized carbons (Fsp3) is 0.211. The van der Waals surface area contributed by atoms with Gasteiger partial charge in [-0.2, -0.15) is 0 Å². The van der Waals surface area contributed by atoms with E-state index in [1.807, 2.05) is 65.6 Å². The van der Waals surface area contributed by atoms with E-state index in [9.17, 15) is 4.79 Å². The van der Waals surface area contributed by atoms with Crippen molar-refractivity contribution < 1.29 is 9.53 Å². The molecule has 2 aromatic carbocycles. The number of rotatable bonds is 3. The third-order valence-corrected chi connectivity index (χ3v) is 4.97. The van der Waals surface area contributed by atoms with E-state index in [-0.39, 0.29) is 12.0 Å². The van der Waals surface area contributed by atoms with Crippen molar-refractivity contribution in [2.75, 3.05) is 19.7 Å². The minimum Gasteiger partial charge on any atom is -0.370 e. The first-order valence-corrected chi connectivity index (χ1v) is 8.94.